The molecule has 0 spiro atoms. The third-order valence-corrected chi connectivity index (χ3v) is 4.76. The predicted molar refractivity (Wildman–Crippen MR) is 80.9 cm³/mol. The molecule has 0 saturated heterocycles. The van der Waals surface area contributed by atoms with E-state index in [9.17, 15) is 0 Å². The highest BCUT2D eigenvalue weighted by Gasteiger charge is 2.57. The number of hydrogen-bond acceptors (Lipinski definition) is 0. The van der Waals surface area contributed by atoms with E-state index in [0.717, 1.165) is 21.5 Å². The average Bonchev–Trinajstić information content (AvgIpc) is 2.81. The van der Waals surface area contributed by atoms with Crippen LogP contribution in [0.1, 0.15) is 33.3 Å². The molecule has 98 valence electrons. The van der Waals surface area contributed by atoms with Crippen LogP contribution in [0.25, 0.3) is 5.03 Å². The smallest absolute Gasteiger partial charge is 0.0441 e. The molecule has 0 heterocycles. The largest absolute Gasteiger partial charge is 0.0843 e. The summed E-state index contributed by atoms with van der Waals surface area (Å²) in [6, 6.07) is 7.71. The summed E-state index contributed by atoms with van der Waals surface area (Å²) in [5.41, 5.74) is 1.42. The van der Waals surface area contributed by atoms with Crippen LogP contribution in [0.2, 0.25) is 5.02 Å². The van der Waals surface area contributed by atoms with Gasteiger partial charge < -0.3 is 0 Å². The van der Waals surface area contributed by atoms with Crippen molar-refractivity contribution in [2.24, 2.45) is 23.2 Å². The van der Waals surface area contributed by atoms with Crippen molar-refractivity contribution in [3.05, 3.63) is 40.9 Å². The average molecular weight is 283 g/mol. The van der Waals surface area contributed by atoms with E-state index in [1.165, 1.54) is 0 Å². The molecule has 2 unspecified atom stereocenters. The number of halogens is 2. The third-order valence-electron chi connectivity index (χ3n) is 4.16. The van der Waals surface area contributed by atoms with Crippen LogP contribution in [0.5, 0.6) is 0 Å². The molecule has 0 N–H and O–H groups in total. The fourth-order valence-corrected chi connectivity index (χ4v) is 3.56. The van der Waals surface area contributed by atoms with Crippen molar-refractivity contribution in [2.75, 3.05) is 0 Å². The van der Waals surface area contributed by atoms with E-state index >= 15 is 0 Å². The fraction of sp³-hybridized carbons (Fsp3) is 0.500. The van der Waals surface area contributed by atoms with Gasteiger partial charge in [-0.3, -0.25) is 0 Å². The zero-order valence-electron chi connectivity index (χ0n) is 11.4. The Bertz CT molecular complexity index is 454. The second-order valence-electron chi connectivity index (χ2n) is 6.14. The normalized spacial score (nSPS) is 26.5. The first kappa shape index (κ1) is 14.0. The molecule has 0 nitrogen and oxygen atoms in total. The van der Waals surface area contributed by atoms with Crippen LogP contribution in [0, 0.1) is 23.2 Å². The number of hydrogen-bond donors (Lipinski definition) is 0. The SMILES string of the molecule is CC(C)C1C(/C=C(\Cl)c2ccc(Cl)cc2)C1(C)C. The molecule has 2 heteroatoms. The Kier molecular flexibility index (Phi) is 3.80. The Hall–Kier alpha value is -0.460. The van der Waals surface area contributed by atoms with E-state index in [1.807, 2.05) is 24.3 Å². The molecule has 0 amide bonds. The van der Waals surface area contributed by atoms with Gasteiger partial charge >= 0.3 is 0 Å². The summed E-state index contributed by atoms with van der Waals surface area (Å²) in [6.07, 6.45) is 2.22. The van der Waals surface area contributed by atoms with Crippen LogP contribution in [0.15, 0.2) is 30.3 Å². The van der Waals surface area contributed by atoms with E-state index in [4.69, 9.17) is 23.2 Å². The van der Waals surface area contributed by atoms with Gasteiger partial charge in [0, 0.05) is 10.1 Å². The zero-order valence-corrected chi connectivity index (χ0v) is 12.9. The van der Waals surface area contributed by atoms with Gasteiger partial charge in [0.05, 0.1) is 0 Å². The number of rotatable bonds is 3. The number of benzene rings is 1. The first-order valence-electron chi connectivity index (χ1n) is 6.47. The predicted octanol–water partition coefficient (Wildman–Crippen LogP) is 5.85. The molecule has 1 aromatic carbocycles. The van der Waals surface area contributed by atoms with Gasteiger partial charge in [0.25, 0.3) is 0 Å². The second-order valence-corrected chi connectivity index (χ2v) is 6.98. The lowest BCUT2D eigenvalue weighted by Gasteiger charge is -2.04. The molecule has 0 aliphatic heterocycles. The second kappa shape index (κ2) is 4.90. The van der Waals surface area contributed by atoms with Gasteiger partial charge in [-0.25, -0.2) is 0 Å². The van der Waals surface area contributed by atoms with Crippen LogP contribution in [0.4, 0.5) is 0 Å². The highest BCUT2D eigenvalue weighted by Crippen LogP contribution is 2.63. The van der Waals surface area contributed by atoms with Crippen molar-refractivity contribution in [1.29, 1.82) is 0 Å². The van der Waals surface area contributed by atoms with Crippen LogP contribution in [-0.4, -0.2) is 0 Å². The van der Waals surface area contributed by atoms with Crippen LogP contribution < -0.4 is 0 Å². The molecule has 2 atom stereocenters. The van der Waals surface area contributed by atoms with E-state index < -0.39 is 0 Å². The number of allylic oxidation sites excluding steroid dienone is 1. The van der Waals surface area contributed by atoms with Crippen LogP contribution in [0.3, 0.4) is 0 Å². The standard InChI is InChI=1S/C16H20Cl2/c1-10(2)15-13(16(15,3)4)9-14(18)11-5-7-12(17)8-6-11/h5-10,13,15H,1-4H3/b14-9-. The molecular formula is C16H20Cl2. The Morgan fingerprint density at radius 3 is 2.22 bits per heavy atom. The lowest BCUT2D eigenvalue weighted by Crippen LogP contribution is -1.96. The lowest BCUT2D eigenvalue weighted by molar-refractivity contribution is 0.451. The summed E-state index contributed by atoms with van der Waals surface area (Å²) < 4.78 is 0. The lowest BCUT2D eigenvalue weighted by atomic mass is 10.0. The Morgan fingerprint density at radius 1 is 1.22 bits per heavy atom. The molecule has 1 aliphatic rings. The Morgan fingerprint density at radius 2 is 1.78 bits per heavy atom. The maximum Gasteiger partial charge on any atom is 0.0441 e. The fourth-order valence-electron chi connectivity index (χ4n) is 3.17. The van der Waals surface area contributed by atoms with Gasteiger partial charge in [-0.1, -0.05) is 69.1 Å². The van der Waals surface area contributed by atoms with Crippen molar-refractivity contribution < 1.29 is 0 Å². The van der Waals surface area contributed by atoms with E-state index in [2.05, 4.69) is 33.8 Å². The van der Waals surface area contributed by atoms with Gasteiger partial charge in [0.2, 0.25) is 0 Å². The topological polar surface area (TPSA) is 0 Å². The molecule has 0 aromatic heterocycles. The van der Waals surface area contributed by atoms with Gasteiger partial charge in [0.15, 0.2) is 0 Å². The molecule has 1 aromatic rings. The molecular weight excluding hydrogens is 263 g/mol. The molecule has 2 rings (SSSR count). The first-order valence-corrected chi connectivity index (χ1v) is 7.23. The monoisotopic (exact) mass is 282 g/mol. The third kappa shape index (κ3) is 2.60. The van der Waals surface area contributed by atoms with Crippen molar-refractivity contribution >= 4 is 28.2 Å². The van der Waals surface area contributed by atoms with Crippen molar-refractivity contribution in [1.82, 2.24) is 0 Å². The van der Waals surface area contributed by atoms with Crippen molar-refractivity contribution in [2.45, 2.75) is 27.7 Å². The van der Waals surface area contributed by atoms with Crippen molar-refractivity contribution in [3.63, 3.8) is 0 Å². The molecule has 1 fully saturated rings. The maximum atomic E-state index is 6.41. The summed E-state index contributed by atoms with van der Waals surface area (Å²) in [5.74, 6) is 2.02. The van der Waals surface area contributed by atoms with Gasteiger partial charge in [-0.05, 0) is 40.9 Å². The highest BCUT2D eigenvalue weighted by molar-refractivity contribution is 6.48. The summed E-state index contributed by atoms with van der Waals surface area (Å²) in [5, 5.41) is 1.59. The van der Waals surface area contributed by atoms with E-state index in [1.54, 1.807) is 0 Å². The minimum absolute atomic E-state index is 0.376. The quantitative estimate of drug-likeness (QED) is 0.653. The maximum absolute atomic E-state index is 6.41. The van der Waals surface area contributed by atoms with Gasteiger partial charge in [-0.15, -0.1) is 0 Å². The molecule has 0 bridgehead atoms. The van der Waals surface area contributed by atoms with E-state index in [-0.39, 0.29) is 0 Å². The minimum atomic E-state index is 0.376. The van der Waals surface area contributed by atoms with Gasteiger partial charge in [-0.2, -0.15) is 0 Å². The van der Waals surface area contributed by atoms with Crippen molar-refractivity contribution in [3.8, 4) is 0 Å². The Balaban J connectivity index is 2.17. The summed E-state index contributed by atoms with van der Waals surface area (Å²) in [7, 11) is 0. The highest BCUT2D eigenvalue weighted by atomic mass is 35.5. The zero-order chi connectivity index (χ0) is 13.5. The summed E-state index contributed by atoms with van der Waals surface area (Å²) >= 11 is 12.3. The molecule has 1 saturated carbocycles. The van der Waals surface area contributed by atoms with E-state index in [0.29, 0.717) is 17.3 Å². The van der Waals surface area contributed by atoms with Crippen LogP contribution in [-0.2, 0) is 0 Å². The van der Waals surface area contributed by atoms with Gasteiger partial charge in [0.1, 0.15) is 0 Å². The first-order chi connectivity index (χ1) is 8.34. The molecule has 0 radical (unpaired) electrons. The molecule has 1 aliphatic carbocycles. The Labute approximate surface area is 120 Å². The van der Waals surface area contributed by atoms with Crippen LogP contribution >= 0.6 is 23.2 Å². The minimum Gasteiger partial charge on any atom is -0.0843 e. The molecule has 18 heavy (non-hydrogen) atoms. The summed E-state index contributed by atoms with van der Waals surface area (Å²) in [4.78, 5) is 0. The summed E-state index contributed by atoms with van der Waals surface area (Å²) in [6.45, 7) is 9.22.